The van der Waals surface area contributed by atoms with Crippen LogP contribution in [0.3, 0.4) is 0 Å². The van der Waals surface area contributed by atoms with Gasteiger partial charge in [-0.25, -0.2) is 4.68 Å². The number of aryl methyl sites for hydroxylation is 1. The Hall–Kier alpha value is -1.73. The molecule has 1 aromatic heterocycles. The van der Waals surface area contributed by atoms with Crippen LogP contribution in [0.15, 0.2) is 28.9 Å². The first-order chi connectivity index (χ1) is 8.97. The summed E-state index contributed by atoms with van der Waals surface area (Å²) < 4.78 is 2.62. The van der Waals surface area contributed by atoms with Gasteiger partial charge in [0.25, 0.3) is 0 Å². The Morgan fingerprint density at radius 2 is 2.32 bits per heavy atom. The minimum Gasteiger partial charge on any atom is -0.480 e. The van der Waals surface area contributed by atoms with Crippen LogP contribution < -0.4 is 5.73 Å². The number of hydrogen-bond acceptors (Lipinski definition) is 4. The van der Waals surface area contributed by atoms with Gasteiger partial charge < -0.3 is 10.8 Å². The fourth-order valence-corrected chi connectivity index (χ4v) is 1.85. The Bertz CT molecular complexity index is 612. The highest BCUT2D eigenvalue weighted by atomic mass is 79.9. The minimum absolute atomic E-state index is 0.158. The number of nitrogens with zero attached hydrogens (tertiary/aromatic N) is 3. The maximum Gasteiger partial charge on any atom is 0.320 e. The van der Waals surface area contributed by atoms with Gasteiger partial charge in [-0.05, 0) is 30.7 Å². The SMILES string of the molecule is Cc1cc(-n2cc(CC(N)C(=O)O)nn2)ccc1Br. The predicted molar refractivity (Wildman–Crippen MR) is 73.1 cm³/mol. The van der Waals surface area contributed by atoms with Crippen molar-refractivity contribution in [2.45, 2.75) is 19.4 Å². The molecule has 0 aliphatic rings. The van der Waals surface area contributed by atoms with E-state index >= 15 is 0 Å². The van der Waals surface area contributed by atoms with Gasteiger partial charge in [0.2, 0.25) is 0 Å². The molecule has 0 amide bonds. The highest BCUT2D eigenvalue weighted by Gasteiger charge is 2.14. The number of aromatic nitrogens is 3. The first-order valence-corrected chi connectivity index (χ1v) is 6.43. The van der Waals surface area contributed by atoms with E-state index in [0.717, 1.165) is 15.7 Å². The van der Waals surface area contributed by atoms with Crippen molar-refractivity contribution in [3.8, 4) is 5.69 Å². The molecule has 19 heavy (non-hydrogen) atoms. The molecule has 2 aromatic rings. The average molecular weight is 325 g/mol. The number of halogens is 1. The highest BCUT2D eigenvalue weighted by molar-refractivity contribution is 9.10. The zero-order chi connectivity index (χ0) is 14.0. The number of nitrogens with two attached hydrogens (primary N) is 1. The van der Waals surface area contributed by atoms with Gasteiger partial charge in [-0.3, -0.25) is 4.79 Å². The molecule has 0 spiro atoms. The van der Waals surface area contributed by atoms with Crippen LogP contribution in [0, 0.1) is 6.92 Å². The lowest BCUT2D eigenvalue weighted by molar-refractivity contribution is -0.138. The van der Waals surface area contributed by atoms with Gasteiger partial charge >= 0.3 is 5.97 Å². The third-order valence-electron chi connectivity index (χ3n) is 2.69. The monoisotopic (exact) mass is 324 g/mol. The number of benzene rings is 1. The lowest BCUT2D eigenvalue weighted by Crippen LogP contribution is -2.32. The Balaban J connectivity index is 2.20. The van der Waals surface area contributed by atoms with Gasteiger partial charge in [0.05, 0.1) is 17.6 Å². The summed E-state index contributed by atoms with van der Waals surface area (Å²) >= 11 is 3.43. The van der Waals surface area contributed by atoms with E-state index in [9.17, 15) is 4.79 Å². The number of aliphatic carboxylic acids is 1. The average Bonchev–Trinajstić information content (AvgIpc) is 2.81. The van der Waals surface area contributed by atoms with Gasteiger partial charge in [-0.15, -0.1) is 5.10 Å². The van der Waals surface area contributed by atoms with E-state index in [4.69, 9.17) is 10.8 Å². The number of hydrogen-bond donors (Lipinski definition) is 2. The van der Waals surface area contributed by atoms with Crippen LogP contribution in [-0.2, 0) is 11.2 Å². The topological polar surface area (TPSA) is 94.0 Å². The molecule has 3 N–H and O–H groups in total. The summed E-state index contributed by atoms with van der Waals surface area (Å²) in [5, 5.41) is 16.6. The summed E-state index contributed by atoms with van der Waals surface area (Å²) in [7, 11) is 0. The molecule has 1 aromatic carbocycles. The number of rotatable bonds is 4. The third-order valence-corrected chi connectivity index (χ3v) is 3.58. The second-order valence-corrected chi connectivity index (χ2v) is 5.09. The van der Waals surface area contributed by atoms with Crippen LogP contribution in [0.5, 0.6) is 0 Å². The van der Waals surface area contributed by atoms with Crippen molar-refractivity contribution < 1.29 is 9.90 Å². The van der Waals surface area contributed by atoms with E-state index < -0.39 is 12.0 Å². The fourth-order valence-electron chi connectivity index (χ4n) is 1.60. The van der Waals surface area contributed by atoms with Crippen molar-refractivity contribution in [1.82, 2.24) is 15.0 Å². The maximum atomic E-state index is 10.7. The molecule has 0 fully saturated rings. The van der Waals surface area contributed by atoms with Crippen molar-refractivity contribution in [1.29, 1.82) is 0 Å². The zero-order valence-electron chi connectivity index (χ0n) is 10.2. The normalized spacial score (nSPS) is 12.4. The Kier molecular flexibility index (Phi) is 3.96. The summed E-state index contributed by atoms with van der Waals surface area (Å²) in [4.78, 5) is 10.7. The molecule has 6 nitrogen and oxygen atoms in total. The van der Waals surface area contributed by atoms with Crippen molar-refractivity contribution in [2.24, 2.45) is 5.73 Å². The van der Waals surface area contributed by atoms with Crippen LogP contribution in [0.2, 0.25) is 0 Å². The molecule has 0 saturated heterocycles. The number of carboxylic acids is 1. The second-order valence-electron chi connectivity index (χ2n) is 4.24. The molecule has 0 bridgehead atoms. The zero-order valence-corrected chi connectivity index (χ0v) is 11.8. The lowest BCUT2D eigenvalue weighted by atomic mass is 10.2. The van der Waals surface area contributed by atoms with Gasteiger partial charge in [0, 0.05) is 10.9 Å². The summed E-state index contributed by atoms with van der Waals surface area (Å²) in [6.07, 6.45) is 1.84. The van der Waals surface area contributed by atoms with Gasteiger partial charge in [0.15, 0.2) is 0 Å². The molecule has 7 heteroatoms. The van der Waals surface area contributed by atoms with E-state index in [2.05, 4.69) is 26.2 Å². The molecule has 100 valence electrons. The first-order valence-electron chi connectivity index (χ1n) is 5.63. The summed E-state index contributed by atoms with van der Waals surface area (Å²) in [6.45, 7) is 1.98. The third kappa shape index (κ3) is 3.18. The molecule has 0 aliphatic carbocycles. The molecule has 1 unspecified atom stereocenters. The van der Waals surface area contributed by atoms with Crippen LogP contribution in [0.1, 0.15) is 11.3 Å². The van der Waals surface area contributed by atoms with Crippen LogP contribution >= 0.6 is 15.9 Å². The van der Waals surface area contributed by atoms with Gasteiger partial charge in [0.1, 0.15) is 6.04 Å². The molecule has 2 rings (SSSR count). The molecule has 1 atom stereocenters. The van der Waals surface area contributed by atoms with E-state index in [1.807, 2.05) is 25.1 Å². The van der Waals surface area contributed by atoms with Crippen LogP contribution in [0.25, 0.3) is 5.69 Å². The van der Waals surface area contributed by atoms with Crippen molar-refractivity contribution >= 4 is 21.9 Å². The lowest BCUT2D eigenvalue weighted by Gasteiger charge is -2.03. The van der Waals surface area contributed by atoms with E-state index in [1.54, 1.807) is 10.9 Å². The summed E-state index contributed by atoms with van der Waals surface area (Å²) in [5.74, 6) is -1.05. The standard InChI is InChI=1S/C12H13BrN4O2/c1-7-4-9(2-3-10(7)13)17-6-8(15-16-17)5-11(14)12(18)19/h2-4,6,11H,5,14H2,1H3,(H,18,19). The van der Waals surface area contributed by atoms with E-state index in [1.165, 1.54) is 0 Å². The molecular weight excluding hydrogens is 312 g/mol. The Morgan fingerprint density at radius 3 is 2.95 bits per heavy atom. The summed E-state index contributed by atoms with van der Waals surface area (Å²) in [6, 6.07) is 4.82. The smallest absolute Gasteiger partial charge is 0.320 e. The van der Waals surface area contributed by atoms with Crippen LogP contribution in [-0.4, -0.2) is 32.1 Å². The summed E-state index contributed by atoms with van der Waals surface area (Å²) in [5.41, 5.74) is 7.95. The molecule has 0 aliphatic heterocycles. The van der Waals surface area contributed by atoms with Crippen LogP contribution in [0.4, 0.5) is 0 Å². The van der Waals surface area contributed by atoms with Crippen molar-refractivity contribution in [3.63, 3.8) is 0 Å². The first kappa shape index (κ1) is 13.7. The predicted octanol–water partition coefficient (Wildman–Crippen LogP) is 1.29. The number of carboxylic acid groups (broad SMARTS) is 1. The highest BCUT2D eigenvalue weighted by Crippen LogP contribution is 2.19. The van der Waals surface area contributed by atoms with Crippen molar-refractivity contribution in [2.75, 3.05) is 0 Å². The Labute approximate surface area is 118 Å². The van der Waals surface area contributed by atoms with Gasteiger partial charge in [-0.1, -0.05) is 21.1 Å². The van der Waals surface area contributed by atoms with E-state index in [-0.39, 0.29) is 6.42 Å². The number of carbonyl (C=O) groups is 1. The molecule has 0 radical (unpaired) electrons. The second kappa shape index (κ2) is 5.50. The largest absolute Gasteiger partial charge is 0.480 e. The fraction of sp³-hybridized carbons (Fsp3) is 0.250. The molecular formula is C12H13BrN4O2. The maximum absolute atomic E-state index is 10.7. The van der Waals surface area contributed by atoms with Gasteiger partial charge in [-0.2, -0.15) is 0 Å². The molecule has 0 saturated carbocycles. The molecule has 1 heterocycles. The van der Waals surface area contributed by atoms with Crippen molar-refractivity contribution in [3.05, 3.63) is 40.1 Å². The minimum atomic E-state index is -1.05. The van der Waals surface area contributed by atoms with E-state index in [0.29, 0.717) is 5.69 Å². The quantitative estimate of drug-likeness (QED) is 0.883. The Morgan fingerprint density at radius 1 is 1.58 bits per heavy atom.